The van der Waals surface area contributed by atoms with E-state index < -0.39 is 11.6 Å². The Morgan fingerprint density at radius 3 is 2.62 bits per heavy atom. The lowest BCUT2D eigenvalue weighted by Gasteiger charge is -2.14. The van der Waals surface area contributed by atoms with Crippen LogP contribution in [0.25, 0.3) is 10.3 Å². The lowest BCUT2D eigenvalue weighted by Crippen LogP contribution is -2.41. The Labute approximate surface area is 193 Å². The molecular formula is C21H24ClN5O4S. The van der Waals surface area contributed by atoms with Crippen molar-refractivity contribution in [1.82, 2.24) is 14.1 Å². The SMILES string of the molecule is CCn1c(=O)c2sc(N3CCCC3)nc2n(CC(=O)Nc2cc(C)c(Cl)cc2OC)c1=O. The summed E-state index contributed by atoms with van der Waals surface area (Å²) in [7, 11) is 1.48. The van der Waals surface area contributed by atoms with Gasteiger partial charge in [0, 0.05) is 30.7 Å². The summed E-state index contributed by atoms with van der Waals surface area (Å²) >= 11 is 7.41. The fourth-order valence-corrected chi connectivity index (χ4v) is 5.02. The lowest BCUT2D eigenvalue weighted by molar-refractivity contribution is -0.116. The Hall–Kier alpha value is -2.85. The highest BCUT2D eigenvalue weighted by molar-refractivity contribution is 7.22. The van der Waals surface area contributed by atoms with Gasteiger partial charge in [0.2, 0.25) is 5.91 Å². The molecule has 32 heavy (non-hydrogen) atoms. The number of carbonyl (C=O) groups is 1. The van der Waals surface area contributed by atoms with Gasteiger partial charge < -0.3 is 15.0 Å². The molecular weight excluding hydrogens is 454 g/mol. The van der Waals surface area contributed by atoms with Gasteiger partial charge in [-0.25, -0.2) is 9.78 Å². The Morgan fingerprint density at radius 2 is 1.97 bits per heavy atom. The summed E-state index contributed by atoms with van der Waals surface area (Å²) < 4.78 is 8.08. The van der Waals surface area contributed by atoms with Crippen molar-refractivity contribution in [2.24, 2.45) is 0 Å². The van der Waals surface area contributed by atoms with Gasteiger partial charge in [0.25, 0.3) is 5.56 Å². The van der Waals surface area contributed by atoms with Crippen LogP contribution in [-0.4, -0.2) is 40.2 Å². The number of nitrogens with one attached hydrogen (secondary N) is 1. The van der Waals surface area contributed by atoms with Crippen molar-refractivity contribution in [1.29, 1.82) is 0 Å². The normalized spacial score (nSPS) is 13.7. The number of ether oxygens (including phenoxy) is 1. The second-order valence-electron chi connectivity index (χ2n) is 7.61. The van der Waals surface area contributed by atoms with E-state index in [1.807, 2.05) is 6.92 Å². The third kappa shape index (κ3) is 4.00. The molecule has 0 atom stereocenters. The van der Waals surface area contributed by atoms with Gasteiger partial charge in [-0.2, -0.15) is 0 Å². The molecule has 1 aliphatic heterocycles. The van der Waals surface area contributed by atoms with Gasteiger partial charge in [0.05, 0.1) is 12.8 Å². The van der Waals surface area contributed by atoms with Gasteiger partial charge >= 0.3 is 5.69 Å². The van der Waals surface area contributed by atoms with E-state index in [1.165, 1.54) is 23.0 Å². The molecule has 2 aromatic heterocycles. The number of thiazole rings is 1. The van der Waals surface area contributed by atoms with Crippen LogP contribution in [0.5, 0.6) is 5.75 Å². The third-order valence-electron chi connectivity index (χ3n) is 5.50. The van der Waals surface area contributed by atoms with Gasteiger partial charge in [0.1, 0.15) is 17.0 Å². The standard InChI is InChI=1S/C21H24ClN5O4S/c1-4-26-19(29)17-18(24-20(32-17)25-7-5-6-8-25)27(21(26)30)11-16(28)23-14-9-12(2)13(22)10-15(14)31-3/h9-10H,4-8,11H2,1-3H3,(H,23,28). The maximum Gasteiger partial charge on any atom is 0.333 e. The van der Waals surface area contributed by atoms with Crippen LogP contribution < -0.4 is 26.2 Å². The van der Waals surface area contributed by atoms with Gasteiger partial charge in [-0.1, -0.05) is 22.9 Å². The lowest BCUT2D eigenvalue weighted by atomic mass is 10.2. The number of halogens is 1. The van der Waals surface area contributed by atoms with E-state index in [0.717, 1.165) is 36.1 Å². The summed E-state index contributed by atoms with van der Waals surface area (Å²) in [6.45, 7) is 5.19. The highest BCUT2D eigenvalue weighted by Gasteiger charge is 2.23. The molecule has 1 N–H and O–H groups in total. The van der Waals surface area contributed by atoms with E-state index in [4.69, 9.17) is 16.3 Å². The minimum absolute atomic E-state index is 0.205. The van der Waals surface area contributed by atoms with E-state index in [0.29, 0.717) is 26.3 Å². The second-order valence-corrected chi connectivity index (χ2v) is 9.00. The molecule has 0 aliphatic carbocycles. The van der Waals surface area contributed by atoms with Crippen molar-refractivity contribution in [3.63, 3.8) is 0 Å². The average Bonchev–Trinajstić information content (AvgIpc) is 3.44. The van der Waals surface area contributed by atoms with Gasteiger partial charge in [0.15, 0.2) is 10.8 Å². The van der Waals surface area contributed by atoms with E-state index in [-0.39, 0.29) is 24.3 Å². The molecule has 0 unspecified atom stereocenters. The van der Waals surface area contributed by atoms with Crippen molar-refractivity contribution >= 4 is 50.0 Å². The summed E-state index contributed by atoms with van der Waals surface area (Å²) in [5.41, 5.74) is 0.533. The first-order valence-corrected chi connectivity index (χ1v) is 11.6. The summed E-state index contributed by atoms with van der Waals surface area (Å²) in [6, 6.07) is 3.33. The minimum atomic E-state index is -0.558. The highest BCUT2D eigenvalue weighted by Crippen LogP contribution is 2.31. The van der Waals surface area contributed by atoms with E-state index in [2.05, 4.69) is 15.2 Å². The number of amides is 1. The van der Waals surface area contributed by atoms with Crippen molar-refractivity contribution in [3.05, 3.63) is 43.6 Å². The number of aryl methyl sites for hydroxylation is 1. The Bertz CT molecular complexity index is 1310. The molecule has 0 spiro atoms. The molecule has 0 bridgehead atoms. The van der Waals surface area contributed by atoms with Gasteiger partial charge in [-0.3, -0.25) is 18.7 Å². The first kappa shape index (κ1) is 22.3. The number of rotatable bonds is 6. The van der Waals surface area contributed by atoms with Crippen LogP contribution in [0, 0.1) is 6.92 Å². The Balaban J connectivity index is 1.73. The van der Waals surface area contributed by atoms with Crippen molar-refractivity contribution in [2.75, 3.05) is 30.4 Å². The first-order valence-electron chi connectivity index (χ1n) is 10.4. The smallest absolute Gasteiger partial charge is 0.333 e. The molecule has 9 nitrogen and oxygen atoms in total. The number of fused-ring (bicyclic) bond motifs is 1. The predicted molar refractivity (Wildman–Crippen MR) is 127 cm³/mol. The van der Waals surface area contributed by atoms with Crippen LogP contribution >= 0.6 is 22.9 Å². The van der Waals surface area contributed by atoms with Crippen LogP contribution in [0.15, 0.2) is 21.7 Å². The molecule has 170 valence electrons. The van der Waals surface area contributed by atoms with E-state index >= 15 is 0 Å². The monoisotopic (exact) mass is 477 g/mol. The molecule has 4 rings (SSSR count). The van der Waals surface area contributed by atoms with Gasteiger partial charge in [-0.15, -0.1) is 0 Å². The summed E-state index contributed by atoms with van der Waals surface area (Å²) in [4.78, 5) is 45.5. The maximum absolute atomic E-state index is 13.0. The molecule has 3 heterocycles. The molecule has 0 saturated carbocycles. The second kappa shape index (κ2) is 8.95. The van der Waals surface area contributed by atoms with Crippen molar-refractivity contribution in [2.45, 2.75) is 39.8 Å². The zero-order valence-corrected chi connectivity index (χ0v) is 19.7. The zero-order valence-electron chi connectivity index (χ0n) is 18.1. The van der Waals surface area contributed by atoms with E-state index in [1.54, 1.807) is 19.1 Å². The number of methoxy groups -OCH3 is 1. The van der Waals surface area contributed by atoms with Crippen molar-refractivity contribution < 1.29 is 9.53 Å². The number of carbonyl (C=O) groups excluding carboxylic acids is 1. The Kier molecular flexibility index (Phi) is 6.25. The first-order chi connectivity index (χ1) is 15.3. The minimum Gasteiger partial charge on any atom is -0.495 e. The largest absolute Gasteiger partial charge is 0.495 e. The summed E-state index contributed by atoms with van der Waals surface area (Å²) in [5, 5.41) is 4.00. The molecule has 1 saturated heterocycles. The molecule has 1 amide bonds. The van der Waals surface area contributed by atoms with Crippen LogP contribution in [0.3, 0.4) is 0 Å². The van der Waals surface area contributed by atoms with E-state index in [9.17, 15) is 14.4 Å². The number of hydrogen-bond donors (Lipinski definition) is 1. The number of benzene rings is 1. The average molecular weight is 478 g/mol. The molecule has 1 aromatic carbocycles. The number of hydrogen-bond acceptors (Lipinski definition) is 7. The molecule has 1 fully saturated rings. The van der Waals surface area contributed by atoms with Crippen LogP contribution in [0.1, 0.15) is 25.3 Å². The molecule has 0 radical (unpaired) electrons. The number of anilines is 2. The number of aromatic nitrogens is 3. The highest BCUT2D eigenvalue weighted by atomic mass is 35.5. The molecule has 3 aromatic rings. The molecule has 11 heteroatoms. The summed E-state index contributed by atoms with van der Waals surface area (Å²) in [5.74, 6) is -0.0274. The van der Waals surface area contributed by atoms with Crippen LogP contribution in [-0.2, 0) is 17.9 Å². The zero-order chi connectivity index (χ0) is 23.0. The fraction of sp³-hybridized carbons (Fsp3) is 0.429. The molecule has 1 aliphatic rings. The van der Waals surface area contributed by atoms with Crippen LogP contribution in [0.4, 0.5) is 10.8 Å². The topological polar surface area (TPSA) is 98.5 Å². The summed E-state index contributed by atoms with van der Waals surface area (Å²) in [6.07, 6.45) is 2.12. The quantitative estimate of drug-likeness (QED) is 0.586. The maximum atomic E-state index is 13.0. The predicted octanol–water partition coefficient (Wildman–Crippen LogP) is 2.85. The third-order valence-corrected chi connectivity index (χ3v) is 7.00. The fourth-order valence-electron chi connectivity index (χ4n) is 3.80. The van der Waals surface area contributed by atoms with Gasteiger partial charge in [-0.05, 0) is 38.3 Å². The number of nitrogens with zero attached hydrogens (tertiary/aromatic N) is 4. The Morgan fingerprint density at radius 1 is 1.25 bits per heavy atom. The van der Waals surface area contributed by atoms with Crippen LogP contribution in [0.2, 0.25) is 5.02 Å². The van der Waals surface area contributed by atoms with Crippen molar-refractivity contribution in [3.8, 4) is 5.75 Å².